The molecule has 458 valence electrons. The molecule has 0 aliphatic heterocycles. The molecule has 0 aliphatic rings. The first-order chi connectivity index (χ1) is 41.8. The minimum absolute atomic E-state index is 0.0216. The summed E-state index contributed by atoms with van der Waals surface area (Å²) in [4.78, 5) is 59.3. The first-order valence-corrected chi connectivity index (χ1v) is 30.3. The summed E-state index contributed by atoms with van der Waals surface area (Å²) in [6, 6.07) is 42.7. The Morgan fingerprint density at radius 1 is 0.471 bits per heavy atom. The van der Waals surface area contributed by atoms with Crippen molar-refractivity contribution in [1.29, 1.82) is 0 Å². The number of esters is 1. The topological polar surface area (TPSA) is 218 Å². The second-order valence-electron chi connectivity index (χ2n) is 23.8. The van der Waals surface area contributed by atoms with Gasteiger partial charge in [-0.05, 0) is 143 Å². The maximum atomic E-state index is 12.9. The zero-order chi connectivity index (χ0) is 62.3. The molecule has 2 atom stereocenters. The number of hydrogen-bond donors (Lipinski definition) is 3. The van der Waals surface area contributed by atoms with Crippen LogP contribution in [-0.4, -0.2) is 81.5 Å². The van der Waals surface area contributed by atoms with Crippen molar-refractivity contribution in [3.05, 3.63) is 179 Å². The number of aromatic nitrogens is 4. The molecule has 0 fully saturated rings. The van der Waals surface area contributed by atoms with Crippen molar-refractivity contribution in [1.82, 2.24) is 30.9 Å². The normalized spacial score (nSPS) is 12.1. The Balaban J connectivity index is 0.000000249. The fourth-order valence-electron chi connectivity index (χ4n) is 9.41. The van der Waals surface area contributed by atoms with E-state index >= 15 is 0 Å². The third-order valence-corrected chi connectivity index (χ3v) is 14.8. The Morgan fingerprint density at radius 2 is 0.828 bits per heavy atom. The summed E-state index contributed by atoms with van der Waals surface area (Å²) in [6.45, 7) is 18.5. The van der Waals surface area contributed by atoms with E-state index in [9.17, 15) is 24.3 Å². The molecule has 0 saturated carbocycles. The number of ether oxygens (including phenoxy) is 3. The number of carboxylic acid groups (broad SMARTS) is 1. The first-order valence-electron chi connectivity index (χ1n) is 30.3. The average Bonchev–Trinajstić information content (AvgIpc) is 3.69. The van der Waals surface area contributed by atoms with E-state index in [2.05, 4.69) is 86.3 Å². The third-order valence-electron chi connectivity index (χ3n) is 14.8. The second-order valence-corrected chi connectivity index (χ2v) is 23.8. The summed E-state index contributed by atoms with van der Waals surface area (Å²) >= 11 is 0. The van der Waals surface area contributed by atoms with Crippen LogP contribution in [0.15, 0.2) is 155 Å². The lowest BCUT2D eigenvalue weighted by atomic mass is 9.86. The Kier molecular flexibility index (Phi) is 24.1. The number of hydrogen-bond acceptors (Lipinski definition) is 13. The zero-order valence-corrected chi connectivity index (χ0v) is 51.8. The fraction of sp³-hybridized carbons (Fsp3) is 0.380. The number of aliphatic carboxylic acids is 1. The maximum Gasteiger partial charge on any atom is 0.328 e. The van der Waals surface area contributed by atoms with E-state index < -0.39 is 29.9 Å². The fourth-order valence-corrected chi connectivity index (χ4v) is 9.41. The van der Waals surface area contributed by atoms with Gasteiger partial charge in [0.1, 0.15) is 23.6 Å². The van der Waals surface area contributed by atoms with Crippen LogP contribution in [0.4, 0.5) is 0 Å². The van der Waals surface area contributed by atoms with E-state index in [1.165, 1.54) is 58.5 Å². The van der Waals surface area contributed by atoms with Gasteiger partial charge in [-0.2, -0.15) is 9.97 Å². The highest BCUT2D eigenvalue weighted by Gasteiger charge is 2.25. The SMILES string of the molecule is CCCCCCCOc1ccc(-c2noc(-c3ccc(C[C@H](NC(=O)c4ccc(C(C)(C)C)cc4)C(=O)O)cc3)n2)cc1.CCCCCCCOc1ccc(-c2noc(-c3ccc(C[C@H](NC(=O)c4ccc(C(C)(C)C)cc4)C(=O)OC)cc3)n2)cc1. The Bertz CT molecular complexity index is 3420. The summed E-state index contributed by atoms with van der Waals surface area (Å²) in [5, 5.41) is 23.5. The molecular weight excluding hydrogens is 1100 g/mol. The quantitative estimate of drug-likeness (QED) is 0.0307. The molecule has 2 amide bonds. The van der Waals surface area contributed by atoms with Crippen LogP contribution < -0.4 is 20.1 Å². The predicted molar refractivity (Wildman–Crippen MR) is 339 cm³/mol. The minimum atomic E-state index is -1.10. The van der Waals surface area contributed by atoms with Crippen LogP contribution in [0.5, 0.6) is 11.5 Å². The van der Waals surface area contributed by atoms with E-state index in [1.54, 1.807) is 48.5 Å². The number of amides is 2. The van der Waals surface area contributed by atoms with Gasteiger partial charge in [-0.15, -0.1) is 0 Å². The molecule has 87 heavy (non-hydrogen) atoms. The molecule has 2 heterocycles. The van der Waals surface area contributed by atoms with Crippen molar-refractivity contribution in [2.45, 2.75) is 155 Å². The Hall–Kier alpha value is -8.92. The molecule has 0 spiro atoms. The Morgan fingerprint density at radius 3 is 1.18 bits per heavy atom. The number of unbranched alkanes of at least 4 members (excludes halogenated alkanes) is 8. The molecule has 0 aliphatic carbocycles. The number of rotatable bonds is 28. The Labute approximate surface area is 511 Å². The van der Waals surface area contributed by atoms with Crippen LogP contribution in [-0.2, 0) is 38.0 Å². The molecule has 6 aromatic carbocycles. The summed E-state index contributed by atoms with van der Waals surface area (Å²) < 4.78 is 27.7. The summed E-state index contributed by atoms with van der Waals surface area (Å²) in [5.41, 5.74) is 7.75. The van der Waals surface area contributed by atoms with E-state index in [4.69, 9.17) is 23.3 Å². The van der Waals surface area contributed by atoms with Gasteiger partial charge in [0.2, 0.25) is 11.6 Å². The smallest absolute Gasteiger partial charge is 0.328 e. The van der Waals surface area contributed by atoms with Gasteiger partial charge in [-0.25, -0.2) is 9.59 Å². The molecule has 8 aromatic rings. The van der Waals surface area contributed by atoms with E-state index in [0.29, 0.717) is 53.3 Å². The van der Waals surface area contributed by atoms with Crippen LogP contribution >= 0.6 is 0 Å². The second kappa shape index (κ2) is 32.0. The van der Waals surface area contributed by atoms with Crippen LogP contribution in [0.1, 0.15) is 163 Å². The van der Waals surface area contributed by atoms with Crippen molar-refractivity contribution >= 4 is 23.8 Å². The van der Waals surface area contributed by atoms with Gasteiger partial charge >= 0.3 is 11.9 Å². The van der Waals surface area contributed by atoms with Crippen LogP contribution in [0.2, 0.25) is 0 Å². The van der Waals surface area contributed by atoms with Crippen molar-refractivity contribution in [3.63, 3.8) is 0 Å². The number of nitrogens with zero attached hydrogens (tertiary/aromatic N) is 4. The molecule has 2 aromatic heterocycles. The highest BCUT2D eigenvalue weighted by molar-refractivity contribution is 5.97. The van der Waals surface area contributed by atoms with Gasteiger partial charge < -0.3 is 39.0 Å². The molecule has 0 saturated heterocycles. The molecule has 16 nitrogen and oxygen atoms in total. The first kappa shape index (κ1) is 65.6. The highest BCUT2D eigenvalue weighted by atomic mass is 16.5. The molecule has 8 rings (SSSR count). The summed E-state index contributed by atoms with van der Waals surface area (Å²) in [7, 11) is 1.31. The summed E-state index contributed by atoms with van der Waals surface area (Å²) in [6.07, 6.45) is 12.4. The van der Waals surface area contributed by atoms with Gasteiger partial charge in [0.05, 0.1) is 20.3 Å². The molecule has 0 radical (unpaired) electrons. The van der Waals surface area contributed by atoms with Crippen molar-refractivity contribution in [2.75, 3.05) is 20.3 Å². The van der Waals surface area contributed by atoms with Crippen LogP contribution in [0.3, 0.4) is 0 Å². The molecular formula is C71H84N6O10. The molecule has 16 heteroatoms. The largest absolute Gasteiger partial charge is 0.494 e. The van der Waals surface area contributed by atoms with E-state index in [-0.39, 0.29) is 29.6 Å². The van der Waals surface area contributed by atoms with Crippen molar-refractivity contribution in [2.24, 2.45) is 0 Å². The van der Waals surface area contributed by atoms with Crippen molar-refractivity contribution < 1.29 is 47.5 Å². The van der Waals surface area contributed by atoms with E-state index in [1.807, 2.05) is 97.1 Å². The molecule has 0 unspecified atom stereocenters. The standard InChI is InChI=1S/C36H43N3O5.C35H41N3O5/c1-6-7-8-9-10-23-43-30-21-17-26(18-22-30)32-38-34(44-39-32)28-13-11-25(12-14-28)24-31(35(41)42-5)37-33(40)27-15-19-29(20-16-27)36(2,3)4;1-5-6-7-8-9-22-42-29-20-16-25(17-21-29)31-37-33(43-38-31)27-12-10-24(11-13-27)23-30(34(40)41)36-32(39)26-14-18-28(19-15-26)35(2,3)4/h11-22,31H,6-10,23-24H2,1-5H3,(H,37,40);10-21,30H,5-9,22-23H2,1-4H3,(H,36,39)(H,40,41)/t31-;30-/m00/s1. The lowest BCUT2D eigenvalue weighted by Gasteiger charge is -2.20. The van der Waals surface area contributed by atoms with Gasteiger partial charge in [-0.1, -0.05) is 166 Å². The highest BCUT2D eigenvalue weighted by Crippen LogP contribution is 2.28. The van der Waals surface area contributed by atoms with Gasteiger partial charge in [0.15, 0.2) is 0 Å². The van der Waals surface area contributed by atoms with E-state index in [0.717, 1.165) is 63.3 Å². The summed E-state index contributed by atoms with van der Waals surface area (Å²) in [5.74, 6) is 0.950. The van der Waals surface area contributed by atoms with Gasteiger partial charge in [0.25, 0.3) is 23.6 Å². The lowest BCUT2D eigenvalue weighted by molar-refractivity contribution is -0.143. The monoisotopic (exact) mass is 1180 g/mol. The van der Waals surface area contributed by atoms with Crippen LogP contribution in [0, 0.1) is 0 Å². The van der Waals surface area contributed by atoms with Crippen LogP contribution in [0.25, 0.3) is 45.7 Å². The lowest BCUT2D eigenvalue weighted by Crippen LogP contribution is -2.43. The maximum absolute atomic E-state index is 12.9. The number of nitrogens with one attached hydrogen (secondary N) is 2. The van der Waals surface area contributed by atoms with Gasteiger partial charge in [-0.3, -0.25) is 9.59 Å². The van der Waals surface area contributed by atoms with Gasteiger partial charge in [0, 0.05) is 46.2 Å². The predicted octanol–water partition coefficient (Wildman–Crippen LogP) is 15.0. The number of carbonyl (C=O) groups excluding carboxylic acids is 3. The molecule has 3 N–H and O–H groups in total. The number of carbonyl (C=O) groups is 4. The zero-order valence-electron chi connectivity index (χ0n) is 51.8. The molecule has 0 bridgehead atoms. The number of carboxylic acids is 1. The third kappa shape index (κ3) is 20.1. The minimum Gasteiger partial charge on any atom is -0.494 e. The number of methoxy groups -OCH3 is 1. The number of benzene rings is 6. The van der Waals surface area contributed by atoms with Crippen molar-refractivity contribution in [3.8, 4) is 57.2 Å². The average molecular weight is 1180 g/mol.